The van der Waals surface area contributed by atoms with Gasteiger partial charge in [0.15, 0.2) is 0 Å². The lowest BCUT2D eigenvalue weighted by atomic mass is 9.93. The van der Waals surface area contributed by atoms with Crippen molar-refractivity contribution in [1.82, 2.24) is 19.6 Å². The van der Waals surface area contributed by atoms with Crippen LogP contribution in [-0.2, 0) is 6.54 Å². The number of fused-ring (bicyclic) bond motifs is 2. The Kier molecular flexibility index (Phi) is 3.47. The Morgan fingerprint density at radius 3 is 3.18 bits per heavy atom. The number of likely N-dealkylation sites (tertiary alicyclic amines) is 1. The molecule has 2 aromatic heterocycles. The number of rotatable bonds is 2. The lowest BCUT2D eigenvalue weighted by molar-refractivity contribution is 0.154. The van der Waals surface area contributed by atoms with Gasteiger partial charge in [0.1, 0.15) is 5.65 Å². The second-order valence-corrected chi connectivity index (χ2v) is 6.65. The maximum absolute atomic E-state index is 12.3. The first-order valence-corrected chi connectivity index (χ1v) is 8.14. The maximum atomic E-state index is 12.3. The SMILES string of the molecule is Cc1ccc2nc(CN3CCC4NCCC4C3)cc(=O)n2c1. The lowest BCUT2D eigenvalue weighted by Gasteiger charge is -2.34. The molecule has 0 saturated carbocycles. The largest absolute Gasteiger partial charge is 0.314 e. The fourth-order valence-corrected chi connectivity index (χ4v) is 3.83. The third-order valence-corrected chi connectivity index (χ3v) is 4.99. The highest BCUT2D eigenvalue weighted by molar-refractivity contribution is 5.39. The van der Waals surface area contributed by atoms with Gasteiger partial charge in [-0.25, -0.2) is 4.98 Å². The summed E-state index contributed by atoms with van der Waals surface area (Å²) >= 11 is 0. The Morgan fingerprint density at radius 1 is 1.36 bits per heavy atom. The van der Waals surface area contributed by atoms with E-state index in [0.717, 1.165) is 49.0 Å². The van der Waals surface area contributed by atoms with Gasteiger partial charge in [-0.05, 0) is 43.9 Å². The molecule has 2 aliphatic heterocycles. The number of aromatic nitrogens is 2. The zero-order valence-electron chi connectivity index (χ0n) is 13.0. The van der Waals surface area contributed by atoms with Crippen LogP contribution in [0.3, 0.4) is 0 Å². The van der Waals surface area contributed by atoms with Gasteiger partial charge in [-0.2, -0.15) is 0 Å². The van der Waals surface area contributed by atoms with Crippen LogP contribution in [0.15, 0.2) is 29.2 Å². The van der Waals surface area contributed by atoms with Crippen LogP contribution in [-0.4, -0.2) is 40.0 Å². The number of piperidine rings is 1. The van der Waals surface area contributed by atoms with Crippen molar-refractivity contribution in [3.05, 3.63) is 46.0 Å². The standard InChI is InChI=1S/C17H22N4O/c1-12-2-3-16-19-14(8-17(22)21(16)9-12)11-20-7-5-15-13(10-20)4-6-18-15/h2-3,8-9,13,15,18H,4-7,10-11H2,1H3. The maximum Gasteiger partial charge on any atom is 0.258 e. The molecule has 22 heavy (non-hydrogen) atoms. The van der Waals surface area contributed by atoms with Crippen LogP contribution in [0.5, 0.6) is 0 Å². The van der Waals surface area contributed by atoms with Gasteiger partial charge in [-0.15, -0.1) is 0 Å². The highest BCUT2D eigenvalue weighted by atomic mass is 16.1. The van der Waals surface area contributed by atoms with E-state index in [2.05, 4.69) is 15.2 Å². The Morgan fingerprint density at radius 2 is 2.27 bits per heavy atom. The molecule has 0 bridgehead atoms. The van der Waals surface area contributed by atoms with E-state index in [1.54, 1.807) is 10.5 Å². The molecule has 0 amide bonds. The zero-order valence-corrected chi connectivity index (χ0v) is 13.0. The van der Waals surface area contributed by atoms with Gasteiger partial charge in [-0.1, -0.05) is 6.07 Å². The van der Waals surface area contributed by atoms with E-state index < -0.39 is 0 Å². The van der Waals surface area contributed by atoms with Crippen molar-refractivity contribution in [2.45, 2.75) is 32.4 Å². The van der Waals surface area contributed by atoms with Crippen LogP contribution >= 0.6 is 0 Å². The number of pyridine rings is 1. The van der Waals surface area contributed by atoms with Gasteiger partial charge in [-0.3, -0.25) is 14.1 Å². The van der Waals surface area contributed by atoms with Crippen molar-refractivity contribution in [2.24, 2.45) is 5.92 Å². The molecule has 2 atom stereocenters. The molecule has 2 unspecified atom stereocenters. The molecular formula is C17H22N4O. The smallest absolute Gasteiger partial charge is 0.258 e. The van der Waals surface area contributed by atoms with Crippen LogP contribution in [0, 0.1) is 12.8 Å². The van der Waals surface area contributed by atoms with Crippen molar-refractivity contribution < 1.29 is 0 Å². The number of aryl methyl sites for hydroxylation is 1. The van der Waals surface area contributed by atoms with Crippen LogP contribution in [0.1, 0.15) is 24.1 Å². The van der Waals surface area contributed by atoms with Crippen molar-refractivity contribution >= 4 is 5.65 Å². The fraction of sp³-hybridized carbons (Fsp3) is 0.529. The van der Waals surface area contributed by atoms with Crippen molar-refractivity contribution in [2.75, 3.05) is 19.6 Å². The third kappa shape index (κ3) is 2.55. The van der Waals surface area contributed by atoms with Crippen molar-refractivity contribution in [3.63, 3.8) is 0 Å². The molecule has 5 heteroatoms. The summed E-state index contributed by atoms with van der Waals surface area (Å²) in [6, 6.07) is 6.31. The summed E-state index contributed by atoms with van der Waals surface area (Å²) in [7, 11) is 0. The molecule has 0 spiro atoms. The van der Waals surface area contributed by atoms with Crippen LogP contribution in [0.2, 0.25) is 0 Å². The Balaban J connectivity index is 1.57. The second-order valence-electron chi connectivity index (χ2n) is 6.65. The summed E-state index contributed by atoms with van der Waals surface area (Å²) in [6.07, 6.45) is 4.33. The van der Waals surface area contributed by atoms with E-state index in [4.69, 9.17) is 0 Å². The van der Waals surface area contributed by atoms with Crippen LogP contribution < -0.4 is 10.9 Å². The van der Waals surface area contributed by atoms with E-state index in [-0.39, 0.29) is 5.56 Å². The lowest BCUT2D eigenvalue weighted by Crippen LogP contribution is -2.44. The average molecular weight is 298 g/mol. The molecule has 1 N–H and O–H groups in total. The van der Waals surface area contributed by atoms with Crippen molar-refractivity contribution in [3.8, 4) is 0 Å². The van der Waals surface area contributed by atoms with Gasteiger partial charge >= 0.3 is 0 Å². The molecule has 0 radical (unpaired) electrons. The fourth-order valence-electron chi connectivity index (χ4n) is 3.83. The van der Waals surface area contributed by atoms with E-state index in [9.17, 15) is 4.79 Å². The van der Waals surface area contributed by atoms with E-state index in [1.807, 2.05) is 25.3 Å². The molecule has 0 aliphatic carbocycles. The second kappa shape index (κ2) is 5.48. The molecule has 4 heterocycles. The van der Waals surface area contributed by atoms with E-state index in [1.165, 1.54) is 12.8 Å². The topological polar surface area (TPSA) is 49.6 Å². The molecular weight excluding hydrogens is 276 g/mol. The molecule has 5 nitrogen and oxygen atoms in total. The first-order chi connectivity index (χ1) is 10.7. The van der Waals surface area contributed by atoms with E-state index >= 15 is 0 Å². The Bertz CT molecular complexity index is 754. The van der Waals surface area contributed by atoms with Gasteiger partial charge in [0.2, 0.25) is 0 Å². The molecule has 2 fully saturated rings. The first-order valence-electron chi connectivity index (χ1n) is 8.14. The Labute approximate surface area is 130 Å². The summed E-state index contributed by atoms with van der Waals surface area (Å²) in [4.78, 5) is 19.4. The molecule has 2 aromatic rings. The van der Waals surface area contributed by atoms with Gasteiger partial charge in [0, 0.05) is 37.9 Å². The first kappa shape index (κ1) is 13.9. The number of nitrogens with one attached hydrogen (secondary N) is 1. The molecule has 2 saturated heterocycles. The predicted octanol–water partition coefficient (Wildman–Crippen LogP) is 1.19. The summed E-state index contributed by atoms with van der Waals surface area (Å²) in [6.45, 7) is 6.12. The van der Waals surface area contributed by atoms with E-state index in [0.29, 0.717) is 6.04 Å². The monoisotopic (exact) mass is 298 g/mol. The van der Waals surface area contributed by atoms with Gasteiger partial charge < -0.3 is 5.32 Å². The quantitative estimate of drug-likeness (QED) is 0.905. The van der Waals surface area contributed by atoms with Gasteiger partial charge in [0.05, 0.1) is 5.69 Å². The van der Waals surface area contributed by atoms with Gasteiger partial charge in [0.25, 0.3) is 5.56 Å². The predicted molar refractivity (Wildman–Crippen MR) is 86.0 cm³/mol. The van der Waals surface area contributed by atoms with Crippen LogP contribution in [0.4, 0.5) is 0 Å². The summed E-state index contributed by atoms with van der Waals surface area (Å²) in [5, 5.41) is 3.59. The molecule has 4 rings (SSSR count). The summed E-state index contributed by atoms with van der Waals surface area (Å²) < 4.78 is 1.63. The molecule has 116 valence electrons. The zero-order chi connectivity index (χ0) is 15.1. The normalized spacial score (nSPS) is 25.5. The number of nitrogens with zero attached hydrogens (tertiary/aromatic N) is 3. The summed E-state index contributed by atoms with van der Waals surface area (Å²) in [5.74, 6) is 0.762. The van der Waals surface area contributed by atoms with Crippen molar-refractivity contribution in [1.29, 1.82) is 0 Å². The minimum Gasteiger partial charge on any atom is -0.314 e. The minimum atomic E-state index is 0.0149. The van der Waals surface area contributed by atoms with Crippen LogP contribution in [0.25, 0.3) is 5.65 Å². The average Bonchev–Trinajstić information content (AvgIpc) is 2.96. The minimum absolute atomic E-state index is 0.0149. The molecule has 2 aliphatic rings. The Hall–Kier alpha value is -1.72. The highest BCUT2D eigenvalue weighted by Gasteiger charge is 2.32. The number of hydrogen-bond acceptors (Lipinski definition) is 4. The summed E-state index contributed by atoms with van der Waals surface area (Å²) in [5.41, 5.74) is 2.71. The molecule has 0 aromatic carbocycles. The highest BCUT2D eigenvalue weighted by Crippen LogP contribution is 2.25. The number of hydrogen-bond donors (Lipinski definition) is 1. The third-order valence-electron chi connectivity index (χ3n) is 4.99.